The Bertz CT molecular complexity index is 835. The lowest BCUT2D eigenvalue weighted by atomic mass is 9.87. The smallest absolute Gasteiger partial charge is 0.350 e. The van der Waals surface area contributed by atoms with Gasteiger partial charge in [0.15, 0.2) is 5.60 Å². The summed E-state index contributed by atoms with van der Waals surface area (Å²) in [5.74, 6) is 0.648. The number of anilines is 1. The molecule has 2 atom stereocenters. The second-order valence-electron chi connectivity index (χ2n) is 6.25. The van der Waals surface area contributed by atoms with Crippen molar-refractivity contribution in [2.24, 2.45) is 5.16 Å². The van der Waals surface area contributed by atoms with E-state index in [9.17, 15) is 9.90 Å². The Morgan fingerprint density at radius 1 is 1.63 bits per heavy atom. The first-order chi connectivity index (χ1) is 12.9. The molecule has 3 rings (SSSR count). The molecule has 0 saturated carbocycles. The molecule has 1 aromatic heterocycles. The second kappa shape index (κ2) is 8.03. The molecule has 1 aliphatic carbocycles. The van der Waals surface area contributed by atoms with E-state index >= 15 is 0 Å². The Morgan fingerprint density at radius 3 is 3.07 bits per heavy atom. The number of methoxy groups -OCH3 is 1. The Morgan fingerprint density at radius 2 is 2.41 bits per heavy atom. The highest BCUT2D eigenvalue weighted by molar-refractivity contribution is 9.12. The largest absolute Gasteiger partial charge is 0.495 e. The summed E-state index contributed by atoms with van der Waals surface area (Å²) in [6.45, 7) is 0.475. The van der Waals surface area contributed by atoms with Crippen LogP contribution in [-0.4, -0.2) is 47.1 Å². The number of nitrogens with one attached hydrogen (secondary N) is 3. The number of carbonyl (C=O) groups is 1. The first-order valence-electron chi connectivity index (χ1n) is 8.25. The molecule has 0 radical (unpaired) electrons. The van der Waals surface area contributed by atoms with Gasteiger partial charge in [0.25, 0.3) is 5.91 Å². The number of nitrogen functional groups attached to an aromatic ring is 1. The number of amides is 1. The molecule has 2 aliphatic rings. The van der Waals surface area contributed by atoms with Crippen LogP contribution < -0.4 is 16.0 Å². The average molecular weight is 506 g/mol. The molecule has 0 fully saturated rings. The third-order valence-electron chi connectivity index (χ3n) is 4.35. The number of hydrogen-bond acceptors (Lipinski definition) is 6. The number of aryl methyl sites for hydroxylation is 1. The van der Waals surface area contributed by atoms with Gasteiger partial charge in [-0.2, -0.15) is 0 Å². The number of nitrogens with two attached hydrogens (primary N) is 1. The van der Waals surface area contributed by atoms with Crippen molar-refractivity contribution >= 4 is 49.4 Å². The monoisotopic (exact) mass is 504 g/mol. The molecule has 1 aliphatic heterocycles. The van der Waals surface area contributed by atoms with Gasteiger partial charge >= 0.3 is 5.95 Å². The number of aromatic amines is 2. The number of aromatic nitrogens is 2. The van der Waals surface area contributed by atoms with Crippen LogP contribution in [0.3, 0.4) is 0 Å². The number of aliphatic hydroxyl groups is 1. The Balaban J connectivity index is 1.54. The number of nitrogens with zero attached hydrogens (tertiary/aromatic N) is 1. The quantitative estimate of drug-likeness (QED) is 0.425. The molecule has 11 heteroatoms. The summed E-state index contributed by atoms with van der Waals surface area (Å²) in [6.07, 6.45) is 4.04. The molecule has 0 bridgehead atoms. The lowest BCUT2D eigenvalue weighted by Gasteiger charge is -2.33. The number of allylic oxidation sites excluding steroid dienone is 1. The van der Waals surface area contributed by atoms with Gasteiger partial charge < -0.3 is 20.0 Å². The van der Waals surface area contributed by atoms with E-state index in [1.807, 2.05) is 0 Å². The average Bonchev–Trinajstić information content (AvgIpc) is 3.24. The number of ether oxygens (including phenoxy) is 1. The first kappa shape index (κ1) is 19.9. The predicted octanol–water partition coefficient (Wildman–Crippen LogP) is 0.881. The number of aliphatic hydroxyl groups excluding tert-OH is 1. The highest BCUT2D eigenvalue weighted by atomic mass is 79.9. The minimum atomic E-state index is -1.15. The normalized spacial score (nSPS) is 24.5. The minimum absolute atomic E-state index is 0.142. The van der Waals surface area contributed by atoms with Crippen LogP contribution in [0.15, 0.2) is 32.2 Å². The summed E-state index contributed by atoms with van der Waals surface area (Å²) in [5, 5.41) is 17.3. The number of carbonyl (C=O) groups excluding carboxylic acids is 1. The van der Waals surface area contributed by atoms with Gasteiger partial charge in [0.2, 0.25) is 0 Å². The Kier molecular flexibility index (Phi) is 5.92. The summed E-state index contributed by atoms with van der Waals surface area (Å²) >= 11 is 6.72. The summed E-state index contributed by atoms with van der Waals surface area (Å²) in [6, 6.07) is 0. The third kappa shape index (κ3) is 4.04. The fourth-order valence-corrected chi connectivity index (χ4v) is 4.74. The number of rotatable bonds is 6. The molecular formula is C16H20Br2N5O4+. The zero-order chi connectivity index (χ0) is 19.6. The Labute approximate surface area is 172 Å². The van der Waals surface area contributed by atoms with Crippen LogP contribution in [0.25, 0.3) is 0 Å². The van der Waals surface area contributed by atoms with Crippen molar-refractivity contribution in [3.05, 3.63) is 32.7 Å². The van der Waals surface area contributed by atoms with Crippen molar-refractivity contribution in [1.29, 1.82) is 0 Å². The molecule has 9 nitrogen and oxygen atoms in total. The van der Waals surface area contributed by atoms with Crippen LogP contribution in [0.2, 0.25) is 0 Å². The van der Waals surface area contributed by atoms with Gasteiger partial charge in [0.1, 0.15) is 23.3 Å². The van der Waals surface area contributed by atoms with Crippen LogP contribution in [0, 0.1) is 0 Å². The van der Waals surface area contributed by atoms with Gasteiger partial charge in [-0.15, -0.1) is 0 Å². The standard InChI is InChI=1S/C16H19Br2N5O4/c1-26-12-9(17)5-16(13(24)11(12)18)6-10(23-27-16)14(25)20-4-2-3-8-7-21-15(19)22-8/h5,7,13,24H,2-4,6H2,1H3,(H,20,25)(H3,19,21,22)/p+1/t13-,16+/m1/s1. The molecular weight excluding hydrogens is 486 g/mol. The number of imidazole rings is 1. The van der Waals surface area contributed by atoms with Crippen molar-refractivity contribution in [1.82, 2.24) is 10.3 Å². The molecule has 0 aromatic carbocycles. The fourth-order valence-electron chi connectivity index (χ4n) is 2.95. The van der Waals surface area contributed by atoms with E-state index in [-0.39, 0.29) is 18.0 Å². The Hall–Kier alpha value is -1.85. The van der Waals surface area contributed by atoms with Crippen LogP contribution >= 0.6 is 31.9 Å². The third-order valence-corrected chi connectivity index (χ3v) is 5.73. The van der Waals surface area contributed by atoms with E-state index < -0.39 is 11.7 Å². The van der Waals surface area contributed by atoms with Crippen molar-refractivity contribution in [2.75, 3.05) is 19.4 Å². The van der Waals surface area contributed by atoms with Crippen molar-refractivity contribution < 1.29 is 24.5 Å². The molecule has 27 heavy (non-hydrogen) atoms. The molecule has 146 valence electrons. The minimum Gasteiger partial charge on any atom is -0.495 e. The van der Waals surface area contributed by atoms with E-state index in [2.05, 4.69) is 52.3 Å². The van der Waals surface area contributed by atoms with Gasteiger partial charge in [-0.25, -0.2) is 9.97 Å². The topological polar surface area (TPSA) is 136 Å². The molecule has 1 spiro atoms. The van der Waals surface area contributed by atoms with Gasteiger partial charge in [0.05, 0.1) is 22.3 Å². The summed E-state index contributed by atoms with van der Waals surface area (Å²) in [7, 11) is 1.50. The lowest BCUT2D eigenvalue weighted by molar-refractivity contribution is -0.358. The maximum absolute atomic E-state index is 12.4. The lowest BCUT2D eigenvalue weighted by Crippen LogP contribution is -2.45. The number of hydrogen-bond donors (Lipinski definition) is 4. The van der Waals surface area contributed by atoms with Crippen LogP contribution in [0.5, 0.6) is 0 Å². The molecule has 2 heterocycles. The SMILES string of the molecule is COC1=C(Br)[C@@H](O)[C@]2(C=C1Br)CC(C(=O)NCCCc1c[nH+]c(N)[nH]1)=NO2. The van der Waals surface area contributed by atoms with Gasteiger partial charge in [-0.1, -0.05) is 5.16 Å². The predicted molar refractivity (Wildman–Crippen MR) is 105 cm³/mol. The molecule has 0 saturated heterocycles. The first-order valence-corrected chi connectivity index (χ1v) is 9.83. The zero-order valence-corrected chi connectivity index (χ0v) is 17.7. The summed E-state index contributed by atoms with van der Waals surface area (Å²) < 4.78 is 6.28. The van der Waals surface area contributed by atoms with E-state index in [0.717, 1.165) is 18.5 Å². The number of oxime groups is 1. The van der Waals surface area contributed by atoms with E-state index in [4.69, 9.17) is 15.3 Å². The van der Waals surface area contributed by atoms with Crippen molar-refractivity contribution in [3.8, 4) is 0 Å². The summed E-state index contributed by atoms with van der Waals surface area (Å²) in [5.41, 5.74) is 5.62. The second-order valence-corrected chi connectivity index (χ2v) is 7.96. The van der Waals surface area contributed by atoms with Gasteiger partial charge in [-0.3, -0.25) is 10.5 Å². The number of halogens is 2. The molecule has 1 aromatic rings. The maximum atomic E-state index is 12.4. The zero-order valence-electron chi connectivity index (χ0n) is 14.5. The maximum Gasteiger partial charge on any atom is 0.350 e. The number of H-pyrrole nitrogens is 2. The van der Waals surface area contributed by atoms with E-state index in [0.29, 0.717) is 27.2 Å². The highest BCUT2D eigenvalue weighted by Crippen LogP contribution is 2.43. The molecule has 6 N–H and O–H groups in total. The fraction of sp³-hybridized carbons (Fsp3) is 0.438. The van der Waals surface area contributed by atoms with Crippen LogP contribution in [-0.2, 0) is 20.8 Å². The molecule has 0 unspecified atom stereocenters. The van der Waals surface area contributed by atoms with Crippen molar-refractivity contribution in [3.63, 3.8) is 0 Å². The van der Waals surface area contributed by atoms with Crippen molar-refractivity contribution in [2.45, 2.75) is 31.0 Å². The van der Waals surface area contributed by atoms with Crippen LogP contribution in [0.1, 0.15) is 18.5 Å². The summed E-state index contributed by atoms with van der Waals surface area (Å²) in [4.78, 5) is 23.7. The van der Waals surface area contributed by atoms with E-state index in [1.165, 1.54) is 7.11 Å². The van der Waals surface area contributed by atoms with E-state index in [1.54, 1.807) is 12.3 Å². The van der Waals surface area contributed by atoms with Crippen LogP contribution in [0.4, 0.5) is 5.95 Å². The van der Waals surface area contributed by atoms with Gasteiger partial charge in [0, 0.05) is 19.4 Å². The van der Waals surface area contributed by atoms with Gasteiger partial charge in [-0.05, 0) is 44.4 Å². The molecule has 1 amide bonds. The highest BCUT2D eigenvalue weighted by Gasteiger charge is 2.50.